The number of amides is 2. The highest BCUT2D eigenvalue weighted by Gasteiger charge is 2.43. The van der Waals surface area contributed by atoms with E-state index in [1.54, 1.807) is 30.1 Å². The second kappa shape index (κ2) is 9.24. The molecule has 0 aliphatic carbocycles. The Morgan fingerprint density at radius 1 is 0.944 bits per heavy atom. The van der Waals surface area contributed by atoms with Crippen LogP contribution < -0.4 is 14.8 Å². The molecular weight excluding hydrogens is 478 g/mol. The number of ether oxygens (including phenoxy) is 2. The molecule has 7 nitrogen and oxygen atoms in total. The van der Waals surface area contributed by atoms with E-state index in [2.05, 4.69) is 5.32 Å². The maximum absolute atomic E-state index is 14.1. The van der Waals surface area contributed by atoms with Gasteiger partial charge in [-0.15, -0.1) is 0 Å². The first-order chi connectivity index (χ1) is 17.3. The summed E-state index contributed by atoms with van der Waals surface area (Å²) in [4.78, 5) is 29.1. The molecule has 36 heavy (non-hydrogen) atoms. The van der Waals surface area contributed by atoms with Crippen molar-refractivity contribution in [1.29, 1.82) is 0 Å². The first-order valence-corrected chi connectivity index (χ1v) is 11.9. The minimum absolute atomic E-state index is 0.127. The highest BCUT2D eigenvalue weighted by atomic mass is 35.5. The third-order valence-corrected chi connectivity index (χ3v) is 7.14. The summed E-state index contributed by atoms with van der Waals surface area (Å²) in [5, 5.41) is 4.34. The normalized spacial score (nSPS) is 17.1. The highest BCUT2D eigenvalue weighted by Crippen LogP contribution is 2.45. The number of hydrogen-bond acceptors (Lipinski definition) is 4. The summed E-state index contributed by atoms with van der Waals surface area (Å²) in [6.07, 6.45) is 2.00. The van der Waals surface area contributed by atoms with Crippen LogP contribution in [0.5, 0.6) is 11.5 Å². The molecule has 1 N–H and O–H groups in total. The Hall–Kier alpha value is -3.97. The van der Waals surface area contributed by atoms with E-state index in [0.717, 1.165) is 16.5 Å². The highest BCUT2D eigenvalue weighted by molar-refractivity contribution is 6.32. The van der Waals surface area contributed by atoms with Crippen LogP contribution in [-0.4, -0.2) is 42.5 Å². The van der Waals surface area contributed by atoms with E-state index >= 15 is 0 Å². The van der Waals surface area contributed by atoms with Gasteiger partial charge in [-0.1, -0.05) is 48.0 Å². The van der Waals surface area contributed by atoms with Crippen LogP contribution in [0.15, 0.2) is 66.9 Å². The van der Waals surface area contributed by atoms with E-state index in [9.17, 15) is 9.59 Å². The third kappa shape index (κ3) is 3.76. The lowest BCUT2D eigenvalue weighted by molar-refractivity contribution is -0.119. The van der Waals surface area contributed by atoms with Gasteiger partial charge < -0.3 is 24.3 Å². The van der Waals surface area contributed by atoms with E-state index in [1.807, 2.05) is 60.3 Å². The van der Waals surface area contributed by atoms with Gasteiger partial charge in [-0.25, -0.2) is 0 Å². The van der Waals surface area contributed by atoms with Gasteiger partial charge >= 0.3 is 0 Å². The van der Waals surface area contributed by atoms with E-state index in [-0.39, 0.29) is 11.8 Å². The molecule has 0 bridgehead atoms. The van der Waals surface area contributed by atoms with Crippen molar-refractivity contribution in [2.24, 2.45) is 7.05 Å². The molecule has 1 aromatic heterocycles. The van der Waals surface area contributed by atoms with E-state index in [0.29, 0.717) is 33.3 Å². The van der Waals surface area contributed by atoms with Crippen LogP contribution in [-0.2, 0) is 11.8 Å². The molecular formula is C28H26ClN3O4. The molecule has 184 valence electrons. The number of methoxy groups -OCH3 is 2. The van der Waals surface area contributed by atoms with Crippen molar-refractivity contribution in [3.8, 4) is 11.5 Å². The van der Waals surface area contributed by atoms with Crippen molar-refractivity contribution in [3.05, 3.63) is 88.6 Å². The van der Waals surface area contributed by atoms with Gasteiger partial charge in [0.15, 0.2) is 0 Å². The van der Waals surface area contributed by atoms with Crippen LogP contribution in [0.1, 0.15) is 33.4 Å². The monoisotopic (exact) mass is 503 g/mol. The van der Waals surface area contributed by atoms with Crippen molar-refractivity contribution < 1.29 is 19.1 Å². The number of anilines is 1. The van der Waals surface area contributed by atoms with E-state index in [4.69, 9.17) is 21.1 Å². The number of aromatic nitrogens is 1. The number of carbonyl (C=O) groups is 2. The van der Waals surface area contributed by atoms with Crippen LogP contribution in [0.3, 0.4) is 0 Å². The molecule has 2 heterocycles. The van der Waals surface area contributed by atoms with Crippen LogP contribution in [0.25, 0.3) is 10.9 Å². The summed E-state index contributed by atoms with van der Waals surface area (Å²) >= 11 is 6.36. The van der Waals surface area contributed by atoms with E-state index in [1.165, 1.54) is 14.2 Å². The fourth-order valence-electron chi connectivity index (χ4n) is 5.12. The number of benzene rings is 3. The van der Waals surface area contributed by atoms with Crippen LogP contribution >= 0.6 is 11.6 Å². The van der Waals surface area contributed by atoms with Gasteiger partial charge in [0.2, 0.25) is 5.91 Å². The number of hydrogen-bond donors (Lipinski definition) is 1. The molecule has 1 aliphatic heterocycles. The summed E-state index contributed by atoms with van der Waals surface area (Å²) < 4.78 is 12.8. The maximum Gasteiger partial charge on any atom is 0.254 e. The van der Waals surface area contributed by atoms with Gasteiger partial charge in [0, 0.05) is 48.4 Å². The van der Waals surface area contributed by atoms with Gasteiger partial charge in [0.25, 0.3) is 5.91 Å². The fraction of sp³-hybridized carbons (Fsp3) is 0.214. The van der Waals surface area contributed by atoms with Crippen LogP contribution in [0, 0.1) is 0 Å². The number of likely N-dealkylation sites (N-methyl/N-ethyl adjacent to an activating group) is 1. The molecule has 2 amide bonds. The molecule has 0 saturated carbocycles. The number of aryl methyl sites for hydroxylation is 1. The minimum atomic E-state index is -0.680. The maximum atomic E-state index is 14.1. The number of nitrogens with zero attached hydrogens (tertiary/aromatic N) is 2. The zero-order chi connectivity index (χ0) is 25.6. The number of halogens is 1. The Labute approximate surface area is 214 Å². The molecule has 5 rings (SSSR count). The summed E-state index contributed by atoms with van der Waals surface area (Å²) in [6.45, 7) is 0. The molecule has 3 aromatic carbocycles. The third-order valence-electron chi connectivity index (χ3n) is 6.84. The Balaban J connectivity index is 1.66. The van der Waals surface area contributed by atoms with Crippen molar-refractivity contribution in [1.82, 2.24) is 9.47 Å². The number of fused-ring (bicyclic) bond motifs is 2. The zero-order valence-corrected chi connectivity index (χ0v) is 21.2. The molecule has 0 unspecified atom stereocenters. The Morgan fingerprint density at radius 2 is 1.64 bits per heavy atom. The van der Waals surface area contributed by atoms with Gasteiger partial charge in [0.05, 0.1) is 36.9 Å². The molecule has 1 aliphatic rings. The van der Waals surface area contributed by atoms with Gasteiger partial charge in [-0.3, -0.25) is 9.59 Å². The van der Waals surface area contributed by atoms with Crippen LogP contribution in [0.2, 0.25) is 5.02 Å². The first-order valence-electron chi connectivity index (χ1n) is 11.5. The lowest BCUT2D eigenvalue weighted by Crippen LogP contribution is -2.44. The average molecular weight is 504 g/mol. The Kier molecular flexibility index (Phi) is 6.10. The number of rotatable bonds is 5. The first kappa shape index (κ1) is 23.8. The Bertz CT molecular complexity index is 1500. The van der Waals surface area contributed by atoms with Crippen molar-refractivity contribution >= 4 is 40.0 Å². The molecule has 0 fully saturated rings. The predicted molar refractivity (Wildman–Crippen MR) is 140 cm³/mol. The summed E-state index contributed by atoms with van der Waals surface area (Å²) in [6, 6.07) is 18.0. The zero-order valence-electron chi connectivity index (χ0n) is 20.4. The standard InChI is InChI=1S/C28H26ClN3O4/c1-31-15-19(16-9-7-8-12-22(16)31)26-25(17-10-5-6-11-18(17)28(34)32(26)2)27(33)30-21-13-20(29)23(35-3)14-24(21)36-4/h5-15,25-26H,1-4H3,(H,30,33)/t25-,26-/m0/s1. The summed E-state index contributed by atoms with van der Waals surface area (Å²) in [5.41, 5.74) is 3.53. The van der Waals surface area contributed by atoms with Crippen molar-refractivity contribution in [2.75, 3.05) is 26.6 Å². The second-order valence-electron chi connectivity index (χ2n) is 8.81. The van der Waals surface area contributed by atoms with Crippen molar-refractivity contribution in [2.45, 2.75) is 12.0 Å². The van der Waals surface area contributed by atoms with Crippen molar-refractivity contribution in [3.63, 3.8) is 0 Å². The SMILES string of the molecule is COc1cc(OC)c(NC(=O)[C@H]2c3ccccc3C(=O)N(C)[C@H]2c2cn(C)c3ccccc23)cc1Cl. The van der Waals surface area contributed by atoms with Crippen LogP contribution in [0.4, 0.5) is 5.69 Å². The topological polar surface area (TPSA) is 72.8 Å². The lowest BCUT2D eigenvalue weighted by Gasteiger charge is -2.39. The predicted octanol–water partition coefficient (Wildman–Crippen LogP) is 5.40. The molecule has 0 saturated heterocycles. The van der Waals surface area contributed by atoms with Gasteiger partial charge in [-0.2, -0.15) is 0 Å². The smallest absolute Gasteiger partial charge is 0.254 e. The molecule has 4 aromatic rings. The van der Waals surface area contributed by atoms with Gasteiger partial charge in [0.1, 0.15) is 11.5 Å². The summed E-state index contributed by atoms with van der Waals surface area (Å²) in [7, 11) is 6.73. The quantitative estimate of drug-likeness (QED) is 0.396. The Morgan fingerprint density at radius 3 is 2.39 bits per heavy atom. The number of para-hydroxylation sites is 1. The second-order valence-corrected chi connectivity index (χ2v) is 9.22. The largest absolute Gasteiger partial charge is 0.495 e. The average Bonchev–Trinajstić information content (AvgIpc) is 3.22. The summed E-state index contributed by atoms with van der Waals surface area (Å²) in [5.74, 6) is -0.231. The molecule has 8 heteroatoms. The number of carbonyl (C=O) groups excluding carboxylic acids is 2. The number of nitrogens with one attached hydrogen (secondary N) is 1. The van der Waals surface area contributed by atoms with Gasteiger partial charge in [-0.05, 0) is 23.8 Å². The lowest BCUT2D eigenvalue weighted by atomic mass is 9.79. The minimum Gasteiger partial charge on any atom is -0.495 e. The molecule has 0 spiro atoms. The molecule has 2 atom stereocenters. The van der Waals surface area contributed by atoms with E-state index < -0.39 is 12.0 Å². The molecule has 0 radical (unpaired) electrons. The fourth-order valence-corrected chi connectivity index (χ4v) is 5.36.